The molecule has 0 atom stereocenters. The van der Waals surface area contributed by atoms with Crippen LogP contribution in [0.25, 0.3) is 16.7 Å². The van der Waals surface area contributed by atoms with Gasteiger partial charge in [-0.3, -0.25) is 4.57 Å². The Balaban J connectivity index is 2.28. The molecule has 0 aliphatic rings. The lowest BCUT2D eigenvalue weighted by Gasteiger charge is -2.08. The quantitative estimate of drug-likeness (QED) is 0.791. The van der Waals surface area contributed by atoms with Crippen molar-refractivity contribution in [2.75, 3.05) is 0 Å². The Hall–Kier alpha value is -2.62. The number of nitrogens with zero attached hydrogens (tertiary/aromatic N) is 2. The van der Waals surface area contributed by atoms with E-state index in [0.717, 1.165) is 12.1 Å². The minimum absolute atomic E-state index is 0.266. The fourth-order valence-corrected chi connectivity index (χ4v) is 2.36. The second-order valence-electron chi connectivity index (χ2n) is 4.62. The molecule has 4 heteroatoms. The Morgan fingerprint density at radius 2 is 2.05 bits per heavy atom. The van der Waals surface area contributed by atoms with Gasteiger partial charge in [0.05, 0.1) is 16.6 Å². The van der Waals surface area contributed by atoms with Gasteiger partial charge in [0.25, 0.3) is 0 Å². The van der Waals surface area contributed by atoms with E-state index in [2.05, 4.69) is 24.0 Å². The van der Waals surface area contributed by atoms with E-state index < -0.39 is 5.97 Å². The number of carbonyl (C=O) groups is 1. The maximum Gasteiger partial charge on any atom is 0.337 e. The van der Waals surface area contributed by atoms with Crippen molar-refractivity contribution in [2.45, 2.75) is 13.3 Å². The number of fused-ring (bicyclic) bond motifs is 1. The molecule has 0 aliphatic heterocycles. The molecule has 2 aromatic carbocycles. The molecule has 4 nitrogen and oxygen atoms in total. The van der Waals surface area contributed by atoms with Crippen LogP contribution in [0.4, 0.5) is 0 Å². The first-order valence-corrected chi connectivity index (χ1v) is 6.49. The second-order valence-corrected chi connectivity index (χ2v) is 4.62. The molecule has 1 aromatic heterocycles. The number of benzene rings is 2. The van der Waals surface area contributed by atoms with Gasteiger partial charge in [0, 0.05) is 5.69 Å². The summed E-state index contributed by atoms with van der Waals surface area (Å²) in [7, 11) is 0. The molecular weight excluding hydrogens is 252 g/mol. The van der Waals surface area contributed by atoms with E-state index in [1.165, 1.54) is 5.56 Å². The summed E-state index contributed by atoms with van der Waals surface area (Å²) in [5.41, 5.74) is 3.72. The molecule has 0 amide bonds. The second kappa shape index (κ2) is 4.81. The molecule has 1 heterocycles. The van der Waals surface area contributed by atoms with Crippen LogP contribution in [-0.2, 0) is 6.42 Å². The topological polar surface area (TPSA) is 55.1 Å². The average Bonchev–Trinajstić information content (AvgIpc) is 2.91. The van der Waals surface area contributed by atoms with Gasteiger partial charge in [-0.05, 0) is 36.2 Å². The molecule has 0 radical (unpaired) electrons. The molecule has 1 N–H and O–H groups in total. The Morgan fingerprint density at radius 3 is 2.80 bits per heavy atom. The van der Waals surface area contributed by atoms with Gasteiger partial charge in [-0.25, -0.2) is 9.78 Å². The summed E-state index contributed by atoms with van der Waals surface area (Å²) in [4.78, 5) is 15.7. The number of hydrogen-bond acceptors (Lipinski definition) is 2. The van der Waals surface area contributed by atoms with Crippen LogP contribution in [0.1, 0.15) is 22.8 Å². The number of rotatable bonds is 3. The van der Waals surface area contributed by atoms with E-state index in [1.54, 1.807) is 18.5 Å². The summed E-state index contributed by atoms with van der Waals surface area (Å²) >= 11 is 0. The largest absolute Gasteiger partial charge is 0.478 e. The molecule has 20 heavy (non-hydrogen) atoms. The van der Waals surface area contributed by atoms with Gasteiger partial charge < -0.3 is 5.11 Å². The number of imidazole rings is 1. The molecule has 0 unspecified atom stereocenters. The summed E-state index contributed by atoms with van der Waals surface area (Å²) in [6.07, 6.45) is 2.61. The molecule has 100 valence electrons. The summed E-state index contributed by atoms with van der Waals surface area (Å²) < 4.78 is 1.83. The fourth-order valence-electron chi connectivity index (χ4n) is 2.36. The third-order valence-corrected chi connectivity index (χ3v) is 3.40. The lowest BCUT2D eigenvalue weighted by molar-refractivity contribution is 0.0698. The molecule has 0 saturated heterocycles. The van der Waals surface area contributed by atoms with Crippen molar-refractivity contribution >= 4 is 17.0 Å². The van der Waals surface area contributed by atoms with Gasteiger partial charge in [-0.2, -0.15) is 0 Å². The predicted octanol–water partition coefficient (Wildman–Crippen LogP) is 3.29. The molecule has 0 spiro atoms. The first kappa shape index (κ1) is 12.4. The van der Waals surface area contributed by atoms with E-state index >= 15 is 0 Å². The zero-order chi connectivity index (χ0) is 14.1. The predicted molar refractivity (Wildman–Crippen MR) is 77.4 cm³/mol. The van der Waals surface area contributed by atoms with Crippen LogP contribution in [0.2, 0.25) is 0 Å². The Morgan fingerprint density at radius 1 is 1.25 bits per heavy atom. The van der Waals surface area contributed by atoms with E-state index in [0.29, 0.717) is 11.0 Å². The molecule has 0 bridgehead atoms. The molecular formula is C16H14N2O2. The summed E-state index contributed by atoms with van der Waals surface area (Å²) in [5.74, 6) is -0.941. The van der Waals surface area contributed by atoms with Gasteiger partial charge in [-0.15, -0.1) is 0 Å². The van der Waals surface area contributed by atoms with Crippen LogP contribution >= 0.6 is 0 Å². The Kier molecular flexibility index (Phi) is 2.99. The van der Waals surface area contributed by atoms with Crippen molar-refractivity contribution in [3.63, 3.8) is 0 Å². The minimum atomic E-state index is -0.941. The lowest BCUT2D eigenvalue weighted by Crippen LogP contribution is -2.01. The zero-order valence-corrected chi connectivity index (χ0v) is 11.1. The van der Waals surface area contributed by atoms with Crippen LogP contribution in [0.5, 0.6) is 0 Å². The van der Waals surface area contributed by atoms with Gasteiger partial charge in [0.2, 0.25) is 0 Å². The van der Waals surface area contributed by atoms with Crippen molar-refractivity contribution in [1.29, 1.82) is 0 Å². The van der Waals surface area contributed by atoms with Gasteiger partial charge >= 0.3 is 5.97 Å². The van der Waals surface area contributed by atoms with E-state index in [4.69, 9.17) is 0 Å². The zero-order valence-electron chi connectivity index (χ0n) is 11.1. The molecule has 3 rings (SSSR count). The van der Waals surface area contributed by atoms with E-state index in [1.807, 2.05) is 22.8 Å². The van der Waals surface area contributed by atoms with E-state index in [9.17, 15) is 9.90 Å². The normalized spacial score (nSPS) is 10.8. The smallest absolute Gasteiger partial charge is 0.337 e. The first-order valence-electron chi connectivity index (χ1n) is 6.49. The van der Waals surface area contributed by atoms with Crippen LogP contribution in [0.3, 0.4) is 0 Å². The van der Waals surface area contributed by atoms with Gasteiger partial charge in [-0.1, -0.05) is 25.1 Å². The van der Waals surface area contributed by atoms with E-state index in [-0.39, 0.29) is 5.56 Å². The van der Waals surface area contributed by atoms with Crippen LogP contribution < -0.4 is 0 Å². The Labute approximate surface area is 116 Å². The number of aromatic nitrogens is 2. The van der Waals surface area contributed by atoms with Gasteiger partial charge in [0.1, 0.15) is 6.33 Å². The monoisotopic (exact) mass is 266 g/mol. The van der Waals surface area contributed by atoms with Crippen molar-refractivity contribution < 1.29 is 9.90 Å². The third-order valence-electron chi connectivity index (χ3n) is 3.40. The number of hydrogen-bond donors (Lipinski definition) is 1. The number of carboxylic acid groups (broad SMARTS) is 1. The summed E-state index contributed by atoms with van der Waals surface area (Å²) in [6, 6.07) is 13.2. The number of carboxylic acids is 1. The van der Waals surface area contributed by atoms with Crippen LogP contribution in [0, 0.1) is 0 Å². The molecule has 0 saturated carbocycles. The highest BCUT2D eigenvalue weighted by atomic mass is 16.4. The van der Waals surface area contributed by atoms with Crippen molar-refractivity contribution in [3.8, 4) is 5.69 Å². The van der Waals surface area contributed by atoms with Crippen LogP contribution in [0.15, 0.2) is 48.8 Å². The standard InChI is InChI=1S/C16H14N2O2/c1-2-11-5-3-6-12(9-11)18-10-17-14-8-4-7-13(15(14)18)16(19)20/h3-10H,2H2,1H3,(H,19,20). The number of aryl methyl sites for hydroxylation is 1. The van der Waals surface area contributed by atoms with Crippen LogP contribution in [-0.4, -0.2) is 20.6 Å². The first-order chi connectivity index (χ1) is 9.70. The highest BCUT2D eigenvalue weighted by Gasteiger charge is 2.14. The Bertz CT molecular complexity index is 790. The molecule has 0 fully saturated rings. The number of para-hydroxylation sites is 1. The van der Waals surface area contributed by atoms with Gasteiger partial charge in [0.15, 0.2) is 0 Å². The highest BCUT2D eigenvalue weighted by molar-refractivity contribution is 6.01. The van der Waals surface area contributed by atoms with Crippen molar-refractivity contribution in [3.05, 3.63) is 59.9 Å². The summed E-state index contributed by atoms with van der Waals surface area (Å²) in [6.45, 7) is 2.09. The number of aromatic carboxylic acids is 1. The fraction of sp³-hybridized carbons (Fsp3) is 0.125. The maximum atomic E-state index is 11.4. The minimum Gasteiger partial charge on any atom is -0.478 e. The molecule has 3 aromatic rings. The third kappa shape index (κ3) is 1.95. The SMILES string of the molecule is CCc1cccc(-n2cnc3cccc(C(=O)O)c32)c1. The highest BCUT2D eigenvalue weighted by Crippen LogP contribution is 2.22. The molecule has 0 aliphatic carbocycles. The maximum absolute atomic E-state index is 11.4. The van der Waals surface area contributed by atoms with Crippen molar-refractivity contribution in [1.82, 2.24) is 9.55 Å². The average molecular weight is 266 g/mol. The van der Waals surface area contributed by atoms with Crippen molar-refractivity contribution in [2.24, 2.45) is 0 Å². The lowest BCUT2D eigenvalue weighted by atomic mass is 10.1. The summed E-state index contributed by atoms with van der Waals surface area (Å²) in [5, 5.41) is 9.33.